The summed E-state index contributed by atoms with van der Waals surface area (Å²) in [5, 5.41) is 5.55. The SMILES string of the molecule is CC(C)(C)OC(=O)c1cc(Br)cc(N2CCC(NC(=O)C(=O)Nc3ccc(Oc4cccc(Cl)c4)cc3)C2=O)c1. The summed E-state index contributed by atoms with van der Waals surface area (Å²) in [5.41, 5.74) is 0.456. The number of ether oxygens (including phenoxy) is 2. The van der Waals surface area contributed by atoms with Gasteiger partial charge in [0.05, 0.1) is 5.56 Å². The van der Waals surface area contributed by atoms with Crippen molar-refractivity contribution in [1.82, 2.24) is 5.32 Å². The third-order valence-electron chi connectivity index (χ3n) is 5.69. The van der Waals surface area contributed by atoms with Crippen molar-refractivity contribution in [2.24, 2.45) is 0 Å². The molecule has 1 aliphatic rings. The van der Waals surface area contributed by atoms with E-state index in [1.54, 1.807) is 87.5 Å². The Labute approximate surface area is 244 Å². The Morgan fingerprint density at radius 2 is 1.70 bits per heavy atom. The van der Waals surface area contributed by atoms with Crippen LogP contribution >= 0.6 is 27.5 Å². The van der Waals surface area contributed by atoms with Crippen LogP contribution in [0.15, 0.2) is 71.2 Å². The summed E-state index contributed by atoms with van der Waals surface area (Å²) in [4.78, 5) is 52.1. The van der Waals surface area contributed by atoms with Crippen LogP contribution in [0.4, 0.5) is 11.4 Å². The number of halogens is 2. The molecule has 9 nitrogen and oxygen atoms in total. The summed E-state index contributed by atoms with van der Waals surface area (Å²) in [6, 6.07) is 17.3. The number of hydrogen-bond donors (Lipinski definition) is 2. The summed E-state index contributed by atoms with van der Waals surface area (Å²) >= 11 is 9.34. The van der Waals surface area contributed by atoms with Crippen molar-refractivity contribution in [2.45, 2.75) is 38.8 Å². The number of carbonyl (C=O) groups excluding carboxylic acids is 4. The molecule has 3 aromatic rings. The normalized spacial score (nSPS) is 15.0. The van der Waals surface area contributed by atoms with Gasteiger partial charge in [0.1, 0.15) is 23.1 Å². The van der Waals surface area contributed by atoms with Gasteiger partial charge >= 0.3 is 17.8 Å². The molecular weight excluding hydrogens is 602 g/mol. The van der Waals surface area contributed by atoms with Gasteiger partial charge in [-0.05, 0) is 87.9 Å². The maximum absolute atomic E-state index is 13.1. The van der Waals surface area contributed by atoms with Gasteiger partial charge in [-0.25, -0.2) is 4.79 Å². The molecule has 2 N–H and O–H groups in total. The Hall–Kier alpha value is -3.89. The first-order chi connectivity index (χ1) is 18.9. The summed E-state index contributed by atoms with van der Waals surface area (Å²) < 4.78 is 11.7. The van der Waals surface area contributed by atoms with Gasteiger partial charge in [-0.15, -0.1) is 0 Å². The number of benzene rings is 3. The van der Waals surface area contributed by atoms with Crippen molar-refractivity contribution in [3.8, 4) is 11.5 Å². The molecular formula is C29H27BrClN3O6. The number of amides is 3. The lowest BCUT2D eigenvalue weighted by molar-refractivity contribution is -0.137. The lowest BCUT2D eigenvalue weighted by Gasteiger charge is -2.21. The van der Waals surface area contributed by atoms with Crippen molar-refractivity contribution in [3.05, 3.63) is 81.8 Å². The van der Waals surface area contributed by atoms with E-state index in [1.807, 2.05) is 0 Å². The maximum atomic E-state index is 13.1. The Bertz CT molecular complexity index is 1450. The molecule has 1 saturated heterocycles. The van der Waals surface area contributed by atoms with Gasteiger partial charge in [-0.3, -0.25) is 14.4 Å². The molecule has 1 unspecified atom stereocenters. The molecule has 1 heterocycles. The quantitative estimate of drug-likeness (QED) is 0.267. The summed E-state index contributed by atoms with van der Waals surface area (Å²) in [6.45, 7) is 5.60. The van der Waals surface area contributed by atoms with Crippen molar-refractivity contribution in [2.75, 3.05) is 16.8 Å². The molecule has 3 amide bonds. The van der Waals surface area contributed by atoms with E-state index in [1.165, 1.54) is 4.90 Å². The van der Waals surface area contributed by atoms with E-state index in [0.717, 1.165) is 0 Å². The molecule has 0 spiro atoms. The topological polar surface area (TPSA) is 114 Å². The van der Waals surface area contributed by atoms with E-state index in [-0.39, 0.29) is 5.56 Å². The average Bonchev–Trinajstić information content (AvgIpc) is 3.23. The monoisotopic (exact) mass is 627 g/mol. The van der Waals surface area contributed by atoms with E-state index in [0.29, 0.717) is 45.3 Å². The number of carbonyl (C=O) groups is 4. The molecule has 1 atom stereocenters. The van der Waals surface area contributed by atoms with E-state index < -0.39 is 35.3 Å². The van der Waals surface area contributed by atoms with Gasteiger partial charge in [0.2, 0.25) is 5.91 Å². The minimum absolute atomic E-state index is 0.281. The summed E-state index contributed by atoms with van der Waals surface area (Å²) in [5.74, 6) is -1.69. The lowest BCUT2D eigenvalue weighted by atomic mass is 10.1. The molecule has 1 fully saturated rings. The minimum Gasteiger partial charge on any atom is -0.457 e. The fraction of sp³-hybridized carbons (Fsp3) is 0.241. The molecule has 11 heteroatoms. The molecule has 1 aliphatic heterocycles. The molecule has 0 aliphatic carbocycles. The molecule has 0 saturated carbocycles. The number of nitrogens with zero attached hydrogens (tertiary/aromatic N) is 1. The van der Waals surface area contributed by atoms with Gasteiger partial charge in [0.15, 0.2) is 0 Å². The second-order valence-electron chi connectivity index (χ2n) is 10.0. The molecule has 0 aromatic heterocycles. The first kappa shape index (κ1) is 29.1. The second-order valence-corrected chi connectivity index (χ2v) is 11.4. The lowest BCUT2D eigenvalue weighted by Crippen LogP contribution is -2.45. The van der Waals surface area contributed by atoms with E-state index in [9.17, 15) is 19.2 Å². The van der Waals surface area contributed by atoms with Crippen molar-refractivity contribution >= 4 is 62.6 Å². The molecule has 208 valence electrons. The van der Waals surface area contributed by atoms with Crippen LogP contribution in [-0.4, -0.2) is 41.9 Å². The van der Waals surface area contributed by atoms with E-state index >= 15 is 0 Å². The Balaban J connectivity index is 1.34. The van der Waals surface area contributed by atoms with Gasteiger partial charge in [0.25, 0.3) is 0 Å². The molecule has 4 rings (SSSR count). The van der Waals surface area contributed by atoms with Crippen LogP contribution in [0.2, 0.25) is 5.02 Å². The van der Waals surface area contributed by atoms with Gasteiger partial charge < -0.3 is 25.0 Å². The van der Waals surface area contributed by atoms with Crippen LogP contribution in [0.25, 0.3) is 0 Å². The predicted octanol–water partition coefficient (Wildman–Crippen LogP) is 5.71. The van der Waals surface area contributed by atoms with Crippen LogP contribution in [0.1, 0.15) is 37.6 Å². The molecule has 3 aromatic carbocycles. The van der Waals surface area contributed by atoms with E-state index in [2.05, 4.69) is 26.6 Å². The third-order valence-corrected chi connectivity index (χ3v) is 6.38. The van der Waals surface area contributed by atoms with Crippen molar-refractivity contribution < 1.29 is 28.7 Å². The number of hydrogen-bond acceptors (Lipinski definition) is 6. The van der Waals surface area contributed by atoms with Gasteiger partial charge in [-0.2, -0.15) is 0 Å². The highest BCUT2D eigenvalue weighted by molar-refractivity contribution is 9.10. The van der Waals surface area contributed by atoms with Crippen LogP contribution in [-0.2, 0) is 19.1 Å². The van der Waals surface area contributed by atoms with Gasteiger partial charge in [-0.1, -0.05) is 33.6 Å². The van der Waals surface area contributed by atoms with E-state index in [4.69, 9.17) is 21.1 Å². The predicted molar refractivity (Wildman–Crippen MR) is 155 cm³/mol. The highest BCUT2D eigenvalue weighted by Gasteiger charge is 2.35. The molecule has 0 bridgehead atoms. The van der Waals surface area contributed by atoms with Crippen LogP contribution in [0, 0.1) is 0 Å². The van der Waals surface area contributed by atoms with Crippen molar-refractivity contribution in [1.29, 1.82) is 0 Å². The van der Waals surface area contributed by atoms with Crippen LogP contribution in [0.3, 0.4) is 0 Å². The Kier molecular flexibility index (Phi) is 8.80. The average molecular weight is 629 g/mol. The number of nitrogens with one attached hydrogen (secondary N) is 2. The van der Waals surface area contributed by atoms with Crippen LogP contribution < -0.4 is 20.3 Å². The zero-order valence-electron chi connectivity index (χ0n) is 22.0. The first-order valence-corrected chi connectivity index (χ1v) is 13.6. The number of rotatable bonds is 6. The zero-order chi connectivity index (χ0) is 29.0. The smallest absolute Gasteiger partial charge is 0.338 e. The summed E-state index contributed by atoms with van der Waals surface area (Å²) in [6.07, 6.45) is 0.293. The van der Waals surface area contributed by atoms with Crippen LogP contribution in [0.5, 0.6) is 11.5 Å². The zero-order valence-corrected chi connectivity index (χ0v) is 24.3. The highest BCUT2D eigenvalue weighted by atomic mass is 79.9. The van der Waals surface area contributed by atoms with Crippen molar-refractivity contribution in [3.63, 3.8) is 0 Å². The summed E-state index contributed by atoms with van der Waals surface area (Å²) in [7, 11) is 0. The Morgan fingerprint density at radius 1 is 0.975 bits per heavy atom. The maximum Gasteiger partial charge on any atom is 0.338 e. The fourth-order valence-electron chi connectivity index (χ4n) is 3.94. The van der Waals surface area contributed by atoms with Gasteiger partial charge in [0, 0.05) is 27.4 Å². The second kappa shape index (κ2) is 12.1. The third kappa shape index (κ3) is 7.61. The Morgan fingerprint density at radius 3 is 2.38 bits per heavy atom. The molecule has 0 radical (unpaired) electrons. The number of esters is 1. The minimum atomic E-state index is -0.942. The first-order valence-electron chi connectivity index (χ1n) is 12.4. The standard InChI is InChI=1S/C29H27BrClN3O6/c1-29(2,3)40-28(38)17-13-18(30)15-21(14-17)34-12-11-24(27(34)37)33-26(36)25(35)32-20-7-9-22(10-8-20)39-23-6-4-5-19(31)16-23/h4-10,13-16,24H,11-12H2,1-3H3,(H,32,35)(H,33,36). The highest BCUT2D eigenvalue weighted by Crippen LogP contribution is 2.28. The largest absolute Gasteiger partial charge is 0.457 e. The fourth-order valence-corrected chi connectivity index (χ4v) is 4.60. The number of anilines is 2. The molecule has 40 heavy (non-hydrogen) atoms.